The average Bonchev–Trinajstić information content (AvgIpc) is 2.78. The number of carboxylic acids is 2. The lowest BCUT2D eigenvalue weighted by molar-refractivity contribution is -0.159. The van der Waals surface area contributed by atoms with E-state index in [0.717, 1.165) is 39.0 Å². The predicted octanol–water partition coefficient (Wildman–Crippen LogP) is 0.932. The third-order valence-electron chi connectivity index (χ3n) is 5.03. The molecule has 14 heteroatoms. The molecule has 0 radical (unpaired) electrons. The largest absolute Gasteiger partial charge is 0.473 e. The minimum absolute atomic E-state index is 0.0198. The lowest BCUT2D eigenvalue weighted by Crippen LogP contribution is -2.55. The van der Waals surface area contributed by atoms with Crippen LogP contribution in [0.4, 0.5) is 9.59 Å². The number of aliphatic carboxylic acids is 2. The van der Waals surface area contributed by atoms with Gasteiger partial charge in [0.05, 0.1) is 24.3 Å². The number of ether oxygens (including phenoxy) is 4. The molecule has 4 atom stereocenters. The highest BCUT2D eigenvalue weighted by atomic mass is 16.6. The SMILES string of the molecule is CO[C@@H]1CCNC[C@@H]1NC(=O)OC(C)(C)C.CO[C@@H]1CCNC[C@@H]1NC(=O)OC(C)(C)C.O=C(O)C(=O)O. The Bertz CT molecular complexity index is 689. The van der Waals surface area contributed by atoms with Crippen LogP contribution in [0.15, 0.2) is 0 Å². The van der Waals surface area contributed by atoms with Crippen molar-refractivity contribution < 1.29 is 48.3 Å². The molecule has 0 aromatic carbocycles. The number of carbonyl (C=O) groups excluding carboxylic acids is 2. The number of carbonyl (C=O) groups is 4. The highest BCUT2D eigenvalue weighted by molar-refractivity contribution is 6.27. The van der Waals surface area contributed by atoms with Crippen LogP contribution in [0.2, 0.25) is 0 Å². The van der Waals surface area contributed by atoms with Crippen molar-refractivity contribution in [3.63, 3.8) is 0 Å². The number of rotatable bonds is 4. The summed E-state index contributed by atoms with van der Waals surface area (Å²) in [4.78, 5) is 41.3. The standard InChI is InChI=1S/2C11H22N2O3.C2H2O4/c2*1-11(2,3)16-10(14)13-8-7-12-6-5-9(8)15-4;3-1(4)2(5)6/h2*8-9,12H,5-7H2,1-4H3,(H,13,14);(H,3,4)(H,5,6)/t2*8-,9+;/m00./s1. The first-order chi connectivity index (χ1) is 17.5. The van der Waals surface area contributed by atoms with Crippen molar-refractivity contribution in [2.24, 2.45) is 0 Å². The highest BCUT2D eigenvalue weighted by Crippen LogP contribution is 2.12. The number of methoxy groups -OCH3 is 2. The maximum atomic E-state index is 11.6. The number of hydrogen-bond acceptors (Lipinski definition) is 10. The van der Waals surface area contributed by atoms with Crippen LogP contribution in [0.3, 0.4) is 0 Å². The van der Waals surface area contributed by atoms with Gasteiger partial charge in [-0.05, 0) is 67.5 Å². The van der Waals surface area contributed by atoms with Gasteiger partial charge < -0.3 is 50.4 Å². The number of hydrogen-bond donors (Lipinski definition) is 6. The van der Waals surface area contributed by atoms with Gasteiger partial charge in [-0.25, -0.2) is 19.2 Å². The van der Waals surface area contributed by atoms with Gasteiger partial charge in [0, 0.05) is 27.3 Å². The Morgan fingerprint density at radius 3 is 1.24 bits per heavy atom. The van der Waals surface area contributed by atoms with Crippen LogP contribution in [-0.4, -0.2) is 110 Å². The van der Waals surface area contributed by atoms with Gasteiger partial charge in [-0.1, -0.05) is 0 Å². The third-order valence-corrected chi connectivity index (χ3v) is 5.03. The summed E-state index contributed by atoms with van der Waals surface area (Å²) in [5.74, 6) is -3.65. The van der Waals surface area contributed by atoms with Gasteiger partial charge in [0.15, 0.2) is 0 Å². The third kappa shape index (κ3) is 16.9. The monoisotopic (exact) mass is 550 g/mol. The number of amides is 2. The smallest absolute Gasteiger partial charge is 0.414 e. The van der Waals surface area contributed by atoms with Crippen LogP contribution in [0.5, 0.6) is 0 Å². The lowest BCUT2D eigenvalue weighted by Gasteiger charge is -2.32. The molecule has 222 valence electrons. The summed E-state index contributed by atoms with van der Waals surface area (Å²) < 4.78 is 21.0. The Morgan fingerprint density at radius 2 is 1.00 bits per heavy atom. The molecule has 2 saturated heterocycles. The number of carboxylic acid groups (broad SMARTS) is 2. The van der Waals surface area contributed by atoms with E-state index in [2.05, 4.69) is 21.3 Å². The normalized spacial score (nSPS) is 23.3. The quantitative estimate of drug-likeness (QED) is 0.272. The molecule has 38 heavy (non-hydrogen) atoms. The molecule has 2 fully saturated rings. The van der Waals surface area contributed by atoms with E-state index >= 15 is 0 Å². The van der Waals surface area contributed by atoms with Gasteiger partial charge in [-0.3, -0.25) is 0 Å². The first-order valence-corrected chi connectivity index (χ1v) is 12.4. The molecule has 2 rings (SSSR count). The number of alkyl carbamates (subject to hydrolysis) is 2. The number of piperidine rings is 2. The van der Waals surface area contributed by atoms with Crippen LogP contribution in [0, 0.1) is 0 Å². The second kappa shape index (κ2) is 17.0. The maximum absolute atomic E-state index is 11.6. The van der Waals surface area contributed by atoms with Gasteiger partial charge in [0.1, 0.15) is 11.2 Å². The summed E-state index contributed by atoms with van der Waals surface area (Å²) in [6.07, 6.45) is 1.16. The highest BCUT2D eigenvalue weighted by Gasteiger charge is 2.29. The maximum Gasteiger partial charge on any atom is 0.414 e. The van der Waals surface area contributed by atoms with Crippen molar-refractivity contribution in [2.75, 3.05) is 40.4 Å². The molecule has 14 nitrogen and oxygen atoms in total. The summed E-state index contributed by atoms with van der Waals surface area (Å²) in [7, 11) is 3.33. The Kier molecular flexibility index (Phi) is 15.8. The Labute approximate surface area is 224 Å². The summed E-state index contributed by atoms with van der Waals surface area (Å²) >= 11 is 0. The lowest BCUT2D eigenvalue weighted by atomic mass is 10.0. The average molecular weight is 551 g/mol. The first kappa shape index (κ1) is 35.3. The molecule has 2 aliphatic rings. The van der Waals surface area contributed by atoms with Crippen LogP contribution in [-0.2, 0) is 28.5 Å². The zero-order valence-corrected chi connectivity index (χ0v) is 23.7. The second-order valence-corrected chi connectivity index (χ2v) is 10.6. The van der Waals surface area contributed by atoms with E-state index in [1.165, 1.54) is 0 Å². The van der Waals surface area contributed by atoms with Crippen molar-refractivity contribution in [3.8, 4) is 0 Å². The fourth-order valence-corrected chi connectivity index (χ4v) is 3.44. The molecule has 0 saturated carbocycles. The molecule has 6 N–H and O–H groups in total. The predicted molar refractivity (Wildman–Crippen MR) is 138 cm³/mol. The molecular formula is C24H46N4O10. The van der Waals surface area contributed by atoms with E-state index in [1.54, 1.807) is 14.2 Å². The number of nitrogens with one attached hydrogen (secondary N) is 4. The first-order valence-electron chi connectivity index (χ1n) is 12.4. The zero-order chi connectivity index (χ0) is 29.5. The zero-order valence-electron chi connectivity index (χ0n) is 23.7. The van der Waals surface area contributed by atoms with E-state index in [0.29, 0.717) is 0 Å². The van der Waals surface area contributed by atoms with E-state index in [1.807, 2.05) is 41.5 Å². The van der Waals surface area contributed by atoms with Crippen LogP contribution >= 0.6 is 0 Å². The van der Waals surface area contributed by atoms with E-state index in [9.17, 15) is 9.59 Å². The van der Waals surface area contributed by atoms with Crippen molar-refractivity contribution >= 4 is 24.1 Å². The van der Waals surface area contributed by atoms with Crippen LogP contribution in [0.1, 0.15) is 54.4 Å². The molecule has 2 amide bonds. The molecule has 0 aliphatic carbocycles. The van der Waals surface area contributed by atoms with Gasteiger partial charge in [0.2, 0.25) is 0 Å². The van der Waals surface area contributed by atoms with E-state index in [-0.39, 0.29) is 36.5 Å². The summed E-state index contributed by atoms with van der Waals surface area (Å²) in [5, 5.41) is 26.9. The summed E-state index contributed by atoms with van der Waals surface area (Å²) in [5.41, 5.74) is -0.927. The summed E-state index contributed by atoms with van der Waals surface area (Å²) in [6, 6.07) is -0.0396. The Morgan fingerprint density at radius 1 is 0.684 bits per heavy atom. The molecule has 0 aromatic rings. The van der Waals surface area contributed by atoms with Crippen molar-refractivity contribution in [1.82, 2.24) is 21.3 Å². The van der Waals surface area contributed by atoms with Gasteiger partial charge in [-0.2, -0.15) is 0 Å². The molecule has 0 spiro atoms. The van der Waals surface area contributed by atoms with Crippen LogP contribution < -0.4 is 21.3 Å². The Balaban J connectivity index is 0.000000596. The molecule has 0 aromatic heterocycles. The Hall–Kier alpha value is -2.68. The second-order valence-electron chi connectivity index (χ2n) is 10.6. The molecule has 2 heterocycles. The van der Waals surface area contributed by atoms with Crippen molar-refractivity contribution in [1.29, 1.82) is 0 Å². The minimum atomic E-state index is -1.82. The topological polar surface area (TPSA) is 194 Å². The minimum Gasteiger partial charge on any atom is -0.473 e. The summed E-state index contributed by atoms with van der Waals surface area (Å²) in [6.45, 7) is 14.4. The van der Waals surface area contributed by atoms with E-state index in [4.69, 9.17) is 38.7 Å². The van der Waals surface area contributed by atoms with Crippen molar-refractivity contribution in [3.05, 3.63) is 0 Å². The fraction of sp³-hybridized carbons (Fsp3) is 0.833. The molecule has 2 aliphatic heterocycles. The van der Waals surface area contributed by atoms with Gasteiger partial charge in [-0.15, -0.1) is 0 Å². The molecular weight excluding hydrogens is 504 g/mol. The van der Waals surface area contributed by atoms with E-state index < -0.39 is 23.1 Å². The van der Waals surface area contributed by atoms with Crippen LogP contribution in [0.25, 0.3) is 0 Å². The molecule has 0 bridgehead atoms. The van der Waals surface area contributed by atoms with Gasteiger partial charge >= 0.3 is 24.1 Å². The van der Waals surface area contributed by atoms with Crippen molar-refractivity contribution in [2.45, 2.75) is 89.9 Å². The molecule has 0 unspecified atom stereocenters. The fourth-order valence-electron chi connectivity index (χ4n) is 3.44. The van der Waals surface area contributed by atoms with Gasteiger partial charge in [0.25, 0.3) is 0 Å².